The third kappa shape index (κ3) is 2.73. The molecule has 2 saturated heterocycles. The monoisotopic (exact) mass is 279 g/mol. The Kier molecular flexibility index (Phi) is 3.79. The third-order valence-electron chi connectivity index (χ3n) is 3.60. The summed E-state index contributed by atoms with van der Waals surface area (Å²) in [6.45, 7) is 4.65. The molecule has 2 aliphatic rings. The molecule has 0 aromatic heterocycles. The molecule has 3 rings (SSSR count). The van der Waals surface area contributed by atoms with E-state index in [1.165, 1.54) is 0 Å². The average molecular weight is 279 g/mol. The van der Waals surface area contributed by atoms with Gasteiger partial charge in [-0.05, 0) is 19.4 Å². The molecule has 20 heavy (non-hydrogen) atoms. The van der Waals surface area contributed by atoms with Gasteiger partial charge in [0.2, 0.25) is 0 Å². The normalized spacial score (nSPS) is 35.1. The lowest BCUT2D eigenvalue weighted by Gasteiger charge is -2.25. The number of nitrogens with two attached hydrogens (primary N) is 1. The minimum absolute atomic E-state index is 0.190. The predicted octanol–water partition coefficient (Wildman–Crippen LogP) is 1.41. The fourth-order valence-electron chi connectivity index (χ4n) is 2.70. The molecule has 0 saturated carbocycles. The van der Waals surface area contributed by atoms with Crippen molar-refractivity contribution in [2.45, 2.75) is 50.8 Å². The van der Waals surface area contributed by atoms with Gasteiger partial charge in [-0.1, -0.05) is 30.3 Å². The van der Waals surface area contributed by atoms with Gasteiger partial charge in [-0.25, -0.2) is 0 Å². The average Bonchev–Trinajstić information content (AvgIpc) is 2.89. The van der Waals surface area contributed by atoms with Crippen LogP contribution in [-0.2, 0) is 25.6 Å². The highest BCUT2D eigenvalue weighted by Gasteiger charge is 2.54. The lowest BCUT2D eigenvalue weighted by Crippen LogP contribution is -2.40. The Bertz CT molecular complexity index is 450. The summed E-state index contributed by atoms with van der Waals surface area (Å²) < 4.78 is 23.3. The molecule has 2 fully saturated rings. The molecule has 0 bridgehead atoms. The van der Waals surface area contributed by atoms with E-state index in [9.17, 15) is 0 Å². The summed E-state index contributed by atoms with van der Waals surface area (Å²) in [5.41, 5.74) is 6.86. The summed E-state index contributed by atoms with van der Waals surface area (Å²) in [6.07, 6.45) is -1.00. The molecule has 110 valence electrons. The summed E-state index contributed by atoms with van der Waals surface area (Å²) in [5.74, 6) is -0.636. The first-order valence-electron chi connectivity index (χ1n) is 6.96. The van der Waals surface area contributed by atoms with Crippen LogP contribution in [0.25, 0.3) is 0 Å². The molecule has 5 nitrogen and oxygen atoms in total. The van der Waals surface area contributed by atoms with E-state index < -0.39 is 5.79 Å². The first-order valence-corrected chi connectivity index (χ1v) is 6.96. The van der Waals surface area contributed by atoms with Crippen LogP contribution >= 0.6 is 0 Å². The van der Waals surface area contributed by atoms with Gasteiger partial charge in [0, 0.05) is 6.54 Å². The molecule has 0 unspecified atom stereocenters. The number of rotatable bonds is 4. The summed E-state index contributed by atoms with van der Waals surface area (Å²) >= 11 is 0. The van der Waals surface area contributed by atoms with Crippen LogP contribution < -0.4 is 5.73 Å². The lowest BCUT2D eigenvalue weighted by atomic mass is 10.1. The first kappa shape index (κ1) is 14.0. The molecule has 5 heteroatoms. The highest BCUT2D eigenvalue weighted by molar-refractivity contribution is 5.13. The van der Waals surface area contributed by atoms with Crippen LogP contribution in [0.3, 0.4) is 0 Å². The zero-order chi connectivity index (χ0) is 14.2. The van der Waals surface area contributed by atoms with Gasteiger partial charge in [0.05, 0.1) is 6.61 Å². The second-order valence-corrected chi connectivity index (χ2v) is 5.64. The van der Waals surface area contributed by atoms with E-state index in [0.717, 1.165) is 5.56 Å². The van der Waals surface area contributed by atoms with Crippen LogP contribution in [0.2, 0.25) is 0 Å². The number of hydrogen-bond donors (Lipinski definition) is 1. The molecular weight excluding hydrogens is 258 g/mol. The maximum Gasteiger partial charge on any atom is 0.190 e. The van der Waals surface area contributed by atoms with Crippen molar-refractivity contribution >= 4 is 0 Å². The van der Waals surface area contributed by atoms with Gasteiger partial charge in [0.15, 0.2) is 12.1 Å². The smallest absolute Gasteiger partial charge is 0.190 e. The van der Waals surface area contributed by atoms with Crippen molar-refractivity contribution in [3.63, 3.8) is 0 Å². The topological polar surface area (TPSA) is 62.9 Å². The van der Waals surface area contributed by atoms with Crippen molar-refractivity contribution in [2.75, 3.05) is 6.54 Å². The van der Waals surface area contributed by atoms with Crippen molar-refractivity contribution in [3.8, 4) is 0 Å². The van der Waals surface area contributed by atoms with Crippen LogP contribution in [-0.4, -0.2) is 36.9 Å². The first-order chi connectivity index (χ1) is 9.59. The number of fused-ring (bicyclic) bond motifs is 1. The standard InChI is InChI=1S/C15H21NO4/c1-15(2)19-13-12(11(8-16)18-14(13)20-15)17-9-10-6-4-3-5-7-10/h3-7,11-14H,8-9,16H2,1-2H3/t11-,12+,13-,14-/m1/s1. The fraction of sp³-hybridized carbons (Fsp3) is 0.600. The van der Waals surface area contributed by atoms with E-state index in [0.29, 0.717) is 13.2 Å². The van der Waals surface area contributed by atoms with Gasteiger partial charge in [-0.15, -0.1) is 0 Å². The Morgan fingerprint density at radius 1 is 1.20 bits per heavy atom. The van der Waals surface area contributed by atoms with E-state index in [4.69, 9.17) is 24.7 Å². The summed E-state index contributed by atoms with van der Waals surface area (Å²) in [7, 11) is 0. The van der Waals surface area contributed by atoms with Crippen molar-refractivity contribution < 1.29 is 18.9 Å². The van der Waals surface area contributed by atoms with Gasteiger partial charge in [0.1, 0.15) is 18.3 Å². The molecule has 1 aromatic rings. The van der Waals surface area contributed by atoms with Crippen molar-refractivity contribution in [2.24, 2.45) is 5.73 Å². The summed E-state index contributed by atoms with van der Waals surface area (Å²) in [4.78, 5) is 0. The molecule has 0 radical (unpaired) electrons. The number of benzene rings is 1. The van der Waals surface area contributed by atoms with Gasteiger partial charge >= 0.3 is 0 Å². The van der Waals surface area contributed by atoms with E-state index in [-0.39, 0.29) is 24.6 Å². The van der Waals surface area contributed by atoms with Crippen molar-refractivity contribution in [1.82, 2.24) is 0 Å². The predicted molar refractivity (Wildman–Crippen MR) is 72.8 cm³/mol. The molecule has 2 heterocycles. The largest absolute Gasteiger partial charge is 0.368 e. The third-order valence-corrected chi connectivity index (χ3v) is 3.60. The molecule has 0 aliphatic carbocycles. The highest BCUT2D eigenvalue weighted by atomic mass is 16.8. The van der Waals surface area contributed by atoms with Crippen LogP contribution in [0.4, 0.5) is 0 Å². The Hall–Kier alpha value is -0.980. The second-order valence-electron chi connectivity index (χ2n) is 5.64. The van der Waals surface area contributed by atoms with Crippen LogP contribution in [0.1, 0.15) is 19.4 Å². The van der Waals surface area contributed by atoms with Crippen LogP contribution in [0.15, 0.2) is 30.3 Å². The second kappa shape index (κ2) is 5.42. The maximum absolute atomic E-state index is 5.99. The number of hydrogen-bond acceptors (Lipinski definition) is 5. The summed E-state index contributed by atoms with van der Waals surface area (Å²) in [6, 6.07) is 10.0. The quantitative estimate of drug-likeness (QED) is 0.903. The van der Waals surface area contributed by atoms with Gasteiger partial charge in [0.25, 0.3) is 0 Å². The van der Waals surface area contributed by atoms with Crippen molar-refractivity contribution in [3.05, 3.63) is 35.9 Å². The van der Waals surface area contributed by atoms with E-state index >= 15 is 0 Å². The van der Waals surface area contributed by atoms with Crippen molar-refractivity contribution in [1.29, 1.82) is 0 Å². The molecule has 0 spiro atoms. The Morgan fingerprint density at radius 2 is 1.95 bits per heavy atom. The van der Waals surface area contributed by atoms with E-state index in [1.54, 1.807) is 0 Å². The number of ether oxygens (including phenoxy) is 4. The van der Waals surface area contributed by atoms with Gasteiger partial charge in [-0.3, -0.25) is 0 Å². The molecule has 4 atom stereocenters. The minimum atomic E-state index is -0.636. The Balaban J connectivity index is 1.67. The van der Waals surface area contributed by atoms with Crippen LogP contribution in [0, 0.1) is 0 Å². The maximum atomic E-state index is 5.99. The van der Waals surface area contributed by atoms with Gasteiger partial charge < -0.3 is 24.7 Å². The Morgan fingerprint density at radius 3 is 2.65 bits per heavy atom. The zero-order valence-electron chi connectivity index (χ0n) is 11.8. The lowest BCUT2D eigenvalue weighted by molar-refractivity contribution is -0.217. The SMILES string of the molecule is CC1(C)O[C@H]2O[C@H](CN)[C@H](OCc3ccccc3)[C@H]2O1. The molecule has 2 aliphatic heterocycles. The van der Waals surface area contributed by atoms with Gasteiger partial charge in [-0.2, -0.15) is 0 Å². The van der Waals surface area contributed by atoms with Crippen LogP contribution in [0.5, 0.6) is 0 Å². The van der Waals surface area contributed by atoms with E-state index in [1.807, 2.05) is 44.2 Å². The minimum Gasteiger partial charge on any atom is -0.368 e. The Labute approximate surface area is 118 Å². The molecule has 1 aromatic carbocycles. The van der Waals surface area contributed by atoms with E-state index in [2.05, 4.69) is 0 Å². The molecule has 0 amide bonds. The fourth-order valence-corrected chi connectivity index (χ4v) is 2.70. The zero-order valence-corrected chi connectivity index (χ0v) is 11.8. The molecular formula is C15H21NO4. The molecule has 2 N–H and O–H groups in total. The summed E-state index contributed by atoms with van der Waals surface area (Å²) in [5, 5.41) is 0. The highest BCUT2D eigenvalue weighted by Crippen LogP contribution is 2.38.